The quantitative estimate of drug-likeness (QED) is 0.644. The van der Waals surface area contributed by atoms with Crippen molar-refractivity contribution in [3.05, 3.63) is 102 Å². The smallest absolute Gasteiger partial charge is 0.221 e. The first-order valence-electron chi connectivity index (χ1n) is 8.67. The largest absolute Gasteiger partial charge is 0.344 e. The normalized spacial score (nSPS) is 11.6. The predicted octanol–water partition coefficient (Wildman–Crippen LogP) is 4.09. The van der Waals surface area contributed by atoms with E-state index in [1.165, 1.54) is 24.3 Å². The molecule has 0 spiro atoms. The molecule has 0 aliphatic heterocycles. The van der Waals surface area contributed by atoms with Crippen LogP contribution in [0.5, 0.6) is 0 Å². The van der Waals surface area contributed by atoms with Gasteiger partial charge in [-0.25, -0.2) is 4.39 Å². The van der Waals surface area contributed by atoms with E-state index in [9.17, 15) is 14.0 Å². The van der Waals surface area contributed by atoms with Gasteiger partial charge in [0.25, 0.3) is 0 Å². The van der Waals surface area contributed by atoms with Gasteiger partial charge in [0.1, 0.15) is 5.82 Å². The number of aromatic nitrogens is 1. The maximum Gasteiger partial charge on any atom is 0.221 e. The van der Waals surface area contributed by atoms with E-state index in [1.807, 2.05) is 48.5 Å². The molecule has 3 rings (SSSR count). The molecule has 0 fully saturated rings. The Labute approximate surface area is 157 Å². The average Bonchev–Trinajstić information content (AvgIpc) is 2.72. The number of hydrogen-bond acceptors (Lipinski definition) is 3. The molecular formula is C22H19FN2O2. The first-order valence-corrected chi connectivity index (χ1v) is 8.67. The lowest BCUT2D eigenvalue weighted by molar-refractivity contribution is -0.121. The van der Waals surface area contributed by atoms with Crippen molar-refractivity contribution in [1.29, 1.82) is 0 Å². The van der Waals surface area contributed by atoms with Gasteiger partial charge in [-0.05, 0) is 42.0 Å². The lowest BCUT2D eigenvalue weighted by Crippen LogP contribution is -2.30. The molecule has 0 radical (unpaired) electrons. The van der Waals surface area contributed by atoms with E-state index in [0.29, 0.717) is 5.56 Å². The fourth-order valence-corrected chi connectivity index (χ4v) is 2.76. The Morgan fingerprint density at radius 1 is 0.889 bits per heavy atom. The van der Waals surface area contributed by atoms with Gasteiger partial charge in [0, 0.05) is 24.6 Å². The highest BCUT2D eigenvalue weighted by molar-refractivity contribution is 5.97. The molecule has 0 saturated heterocycles. The Morgan fingerprint density at radius 2 is 1.59 bits per heavy atom. The lowest BCUT2D eigenvalue weighted by Gasteiger charge is -2.18. The van der Waals surface area contributed by atoms with Crippen LogP contribution < -0.4 is 5.32 Å². The Kier molecular flexibility index (Phi) is 6.05. The van der Waals surface area contributed by atoms with Crippen molar-refractivity contribution >= 4 is 11.7 Å². The van der Waals surface area contributed by atoms with Crippen molar-refractivity contribution in [3.63, 3.8) is 0 Å². The van der Waals surface area contributed by atoms with Crippen LogP contribution in [0.4, 0.5) is 4.39 Å². The summed E-state index contributed by atoms with van der Waals surface area (Å²) in [6.07, 6.45) is 1.78. The van der Waals surface area contributed by atoms with Crippen molar-refractivity contribution in [2.75, 3.05) is 0 Å². The molecule has 0 saturated carbocycles. The molecular weight excluding hydrogens is 343 g/mol. The maximum atomic E-state index is 12.9. The summed E-state index contributed by atoms with van der Waals surface area (Å²) in [5, 5.41) is 2.95. The third-order valence-corrected chi connectivity index (χ3v) is 4.17. The third kappa shape index (κ3) is 5.07. The minimum Gasteiger partial charge on any atom is -0.344 e. The molecule has 1 heterocycles. The lowest BCUT2D eigenvalue weighted by atomic mass is 10.0. The van der Waals surface area contributed by atoms with Gasteiger partial charge in [-0.3, -0.25) is 14.6 Å². The van der Waals surface area contributed by atoms with E-state index in [4.69, 9.17) is 0 Å². The molecule has 2 aromatic carbocycles. The van der Waals surface area contributed by atoms with Crippen molar-refractivity contribution in [3.8, 4) is 0 Å². The highest BCUT2D eigenvalue weighted by atomic mass is 19.1. The zero-order valence-electron chi connectivity index (χ0n) is 14.6. The summed E-state index contributed by atoms with van der Waals surface area (Å²) in [7, 11) is 0. The SMILES string of the molecule is O=C(CCC(=O)c1ccc(F)cc1)NC(c1ccccc1)c1ccccn1. The minimum absolute atomic E-state index is 0.0480. The number of rotatable bonds is 7. The summed E-state index contributed by atoms with van der Waals surface area (Å²) in [4.78, 5) is 29.0. The summed E-state index contributed by atoms with van der Waals surface area (Å²) in [5.74, 6) is -0.838. The predicted molar refractivity (Wildman–Crippen MR) is 101 cm³/mol. The molecule has 1 aromatic heterocycles. The number of ketones is 1. The number of benzene rings is 2. The second kappa shape index (κ2) is 8.85. The standard InChI is InChI=1S/C22H19FN2O2/c23-18-11-9-16(10-12-18)20(26)13-14-21(27)25-22(17-6-2-1-3-7-17)19-8-4-5-15-24-19/h1-12,15,22H,13-14H2,(H,25,27). The Balaban J connectivity index is 1.66. The summed E-state index contributed by atoms with van der Waals surface area (Å²) in [6.45, 7) is 0. The number of Topliss-reactive ketones (excluding diaryl/α,β-unsaturated/α-hetero) is 1. The van der Waals surface area contributed by atoms with Crippen LogP contribution in [-0.4, -0.2) is 16.7 Å². The van der Waals surface area contributed by atoms with Gasteiger partial charge in [0.05, 0.1) is 11.7 Å². The second-order valence-corrected chi connectivity index (χ2v) is 6.10. The number of pyridine rings is 1. The van der Waals surface area contributed by atoms with Gasteiger partial charge in [0.15, 0.2) is 5.78 Å². The van der Waals surface area contributed by atoms with Crippen molar-refractivity contribution in [2.24, 2.45) is 0 Å². The number of nitrogens with zero attached hydrogens (tertiary/aromatic N) is 1. The van der Waals surface area contributed by atoms with E-state index in [2.05, 4.69) is 10.3 Å². The van der Waals surface area contributed by atoms with E-state index >= 15 is 0 Å². The van der Waals surface area contributed by atoms with Crippen LogP contribution in [0.15, 0.2) is 79.0 Å². The molecule has 1 amide bonds. The topological polar surface area (TPSA) is 59.1 Å². The van der Waals surface area contributed by atoms with E-state index in [1.54, 1.807) is 6.20 Å². The molecule has 1 atom stereocenters. The van der Waals surface area contributed by atoms with Gasteiger partial charge in [-0.1, -0.05) is 36.4 Å². The molecule has 0 aliphatic carbocycles. The Hall–Kier alpha value is -3.34. The van der Waals surface area contributed by atoms with Crippen molar-refractivity contribution < 1.29 is 14.0 Å². The fraction of sp³-hybridized carbons (Fsp3) is 0.136. The number of carbonyl (C=O) groups is 2. The van der Waals surface area contributed by atoms with Crippen LogP contribution in [0.3, 0.4) is 0 Å². The van der Waals surface area contributed by atoms with Crippen LogP contribution in [0.1, 0.15) is 40.5 Å². The second-order valence-electron chi connectivity index (χ2n) is 6.10. The first kappa shape index (κ1) is 18.5. The summed E-state index contributed by atoms with van der Waals surface area (Å²) in [5.41, 5.74) is 2.03. The van der Waals surface area contributed by atoms with Gasteiger partial charge in [0.2, 0.25) is 5.91 Å². The van der Waals surface area contributed by atoms with Crippen LogP contribution in [0, 0.1) is 5.82 Å². The van der Waals surface area contributed by atoms with Gasteiger partial charge in [-0.15, -0.1) is 0 Å². The van der Waals surface area contributed by atoms with Gasteiger partial charge < -0.3 is 5.32 Å². The van der Waals surface area contributed by atoms with Crippen molar-refractivity contribution in [1.82, 2.24) is 10.3 Å². The molecule has 4 nitrogen and oxygen atoms in total. The van der Waals surface area contributed by atoms with Gasteiger partial charge >= 0.3 is 0 Å². The highest BCUT2D eigenvalue weighted by Gasteiger charge is 2.18. The zero-order valence-corrected chi connectivity index (χ0v) is 14.6. The molecule has 1 unspecified atom stereocenters. The third-order valence-electron chi connectivity index (χ3n) is 4.17. The summed E-state index contributed by atoms with van der Waals surface area (Å²) in [6, 6.07) is 20.0. The molecule has 3 aromatic rings. The van der Waals surface area contributed by atoms with Crippen LogP contribution in [-0.2, 0) is 4.79 Å². The monoisotopic (exact) mass is 362 g/mol. The Morgan fingerprint density at radius 3 is 2.26 bits per heavy atom. The number of hydrogen-bond donors (Lipinski definition) is 1. The number of carbonyl (C=O) groups excluding carboxylic acids is 2. The molecule has 5 heteroatoms. The average molecular weight is 362 g/mol. The first-order chi connectivity index (χ1) is 13.1. The number of halogens is 1. The maximum absolute atomic E-state index is 12.9. The van der Waals surface area contributed by atoms with Crippen LogP contribution in [0.2, 0.25) is 0 Å². The Bertz CT molecular complexity index is 857. The van der Waals surface area contributed by atoms with E-state index in [-0.39, 0.29) is 30.6 Å². The zero-order chi connectivity index (χ0) is 19.1. The van der Waals surface area contributed by atoms with E-state index < -0.39 is 5.82 Å². The van der Waals surface area contributed by atoms with E-state index in [0.717, 1.165) is 11.3 Å². The number of amides is 1. The minimum atomic E-state index is -0.398. The highest BCUT2D eigenvalue weighted by Crippen LogP contribution is 2.20. The van der Waals surface area contributed by atoms with Crippen LogP contribution >= 0.6 is 0 Å². The molecule has 136 valence electrons. The molecule has 0 bridgehead atoms. The molecule has 27 heavy (non-hydrogen) atoms. The van der Waals surface area contributed by atoms with Crippen LogP contribution in [0.25, 0.3) is 0 Å². The summed E-state index contributed by atoms with van der Waals surface area (Å²) < 4.78 is 12.9. The fourth-order valence-electron chi connectivity index (χ4n) is 2.76. The summed E-state index contributed by atoms with van der Waals surface area (Å²) >= 11 is 0. The van der Waals surface area contributed by atoms with Gasteiger partial charge in [-0.2, -0.15) is 0 Å². The van der Waals surface area contributed by atoms with Crippen molar-refractivity contribution in [2.45, 2.75) is 18.9 Å². The molecule has 1 N–H and O–H groups in total. The molecule has 0 aliphatic rings. The number of nitrogens with one attached hydrogen (secondary N) is 1.